The molecule has 84 valence electrons. The molecule has 0 aliphatic heterocycles. The maximum absolute atomic E-state index is 4.38. The van der Waals surface area contributed by atoms with E-state index in [4.69, 9.17) is 0 Å². The monoisotopic (exact) mass is 216 g/mol. The molecule has 2 aromatic heterocycles. The highest BCUT2D eigenvalue weighted by Gasteiger charge is 2.10. The molecule has 2 rings (SSSR count). The van der Waals surface area contributed by atoms with E-state index in [-0.39, 0.29) is 6.04 Å². The Labute approximate surface area is 95.3 Å². The van der Waals surface area contributed by atoms with Crippen molar-refractivity contribution in [3.05, 3.63) is 48.0 Å². The van der Waals surface area contributed by atoms with Crippen LogP contribution in [0.3, 0.4) is 0 Å². The van der Waals surface area contributed by atoms with Gasteiger partial charge in [0.2, 0.25) is 0 Å². The summed E-state index contributed by atoms with van der Waals surface area (Å²) in [6.07, 6.45) is 6.49. The lowest BCUT2D eigenvalue weighted by Crippen LogP contribution is -2.19. The van der Waals surface area contributed by atoms with Crippen molar-refractivity contribution in [1.29, 1.82) is 0 Å². The molecule has 1 atom stereocenters. The van der Waals surface area contributed by atoms with Gasteiger partial charge in [0.05, 0.1) is 5.69 Å². The first-order valence-electron chi connectivity index (χ1n) is 5.35. The molecule has 0 amide bonds. The number of pyridine rings is 1. The molecule has 0 aliphatic rings. The molecule has 0 spiro atoms. The average molecular weight is 216 g/mol. The molecule has 2 heterocycles. The maximum Gasteiger partial charge on any atom is 0.0643 e. The molecule has 4 heteroatoms. The topological polar surface area (TPSA) is 42.7 Å². The predicted octanol–water partition coefficient (Wildman–Crippen LogP) is 1.32. The van der Waals surface area contributed by atoms with Crippen molar-refractivity contribution in [2.75, 3.05) is 7.05 Å². The van der Waals surface area contributed by atoms with Crippen molar-refractivity contribution >= 4 is 0 Å². The lowest BCUT2D eigenvalue weighted by atomic mass is 10.0. The number of aromatic nitrogens is 3. The lowest BCUT2D eigenvalue weighted by molar-refractivity contribution is 0.576. The standard InChI is InChI=1S/C12H16N4/c1-13-12(10-3-6-14-7-4-10)9-11-5-8-16(2)15-11/h3-8,12-13H,9H2,1-2H3. The summed E-state index contributed by atoms with van der Waals surface area (Å²) in [7, 11) is 3.90. The largest absolute Gasteiger partial charge is 0.313 e. The van der Waals surface area contributed by atoms with E-state index < -0.39 is 0 Å². The molecule has 0 saturated carbocycles. The van der Waals surface area contributed by atoms with Gasteiger partial charge in [-0.15, -0.1) is 0 Å². The highest BCUT2D eigenvalue weighted by atomic mass is 15.2. The summed E-state index contributed by atoms with van der Waals surface area (Å²) in [6.45, 7) is 0. The fourth-order valence-corrected chi connectivity index (χ4v) is 1.76. The Bertz CT molecular complexity index is 435. The number of rotatable bonds is 4. The number of nitrogens with one attached hydrogen (secondary N) is 1. The smallest absolute Gasteiger partial charge is 0.0643 e. The molecular weight excluding hydrogens is 200 g/mol. The number of aryl methyl sites for hydroxylation is 1. The molecule has 0 bridgehead atoms. The Kier molecular flexibility index (Phi) is 3.31. The van der Waals surface area contributed by atoms with Crippen molar-refractivity contribution in [2.24, 2.45) is 7.05 Å². The minimum atomic E-state index is 0.290. The maximum atomic E-state index is 4.38. The van der Waals surface area contributed by atoms with Crippen LogP contribution in [0.15, 0.2) is 36.8 Å². The zero-order chi connectivity index (χ0) is 11.4. The van der Waals surface area contributed by atoms with E-state index in [0.717, 1.165) is 12.1 Å². The quantitative estimate of drug-likeness (QED) is 0.838. The van der Waals surface area contributed by atoms with Gasteiger partial charge in [0.25, 0.3) is 0 Å². The van der Waals surface area contributed by atoms with Gasteiger partial charge in [-0.25, -0.2) is 0 Å². The van der Waals surface area contributed by atoms with E-state index in [9.17, 15) is 0 Å². The highest BCUT2D eigenvalue weighted by Crippen LogP contribution is 2.15. The normalized spacial score (nSPS) is 12.6. The van der Waals surface area contributed by atoms with E-state index in [1.54, 1.807) is 0 Å². The van der Waals surface area contributed by atoms with Gasteiger partial charge in [0.15, 0.2) is 0 Å². The van der Waals surface area contributed by atoms with Crippen LogP contribution in [0.4, 0.5) is 0 Å². The van der Waals surface area contributed by atoms with Crippen molar-refractivity contribution in [3.63, 3.8) is 0 Å². The van der Waals surface area contributed by atoms with Crippen LogP contribution in [0.25, 0.3) is 0 Å². The second kappa shape index (κ2) is 4.90. The highest BCUT2D eigenvalue weighted by molar-refractivity contribution is 5.17. The van der Waals surface area contributed by atoms with Crippen molar-refractivity contribution in [3.8, 4) is 0 Å². The summed E-state index contributed by atoms with van der Waals surface area (Å²) in [5.74, 6) is 0. The van der Waals surface area contributed by atoms with Crippen LogP contribution in [0.1, 0.15) is 17.3 Å². The fourth-order valence-electron chi connectivity index (χ4n) is 1.76. The zero-order valence-electron chi connectivity index (χ0n) is 9.59. The van der Waals surface area contributed by atoms with Crippen LogP contribution >= 0.6 is 0 Å². The SMILES string of the molecule is CNC(Cc1ccn(C)n1)c1ccncc1. The third-order valence-corrected chi connectivity index (χ3v) is 2.64. The van der Waals surface area contributed by atoms with E-state index in [2.05, 4.69) is 15.4 Å². The van der Waals surface area contributed by atoms with Crippen molar-refractivity contribution in [1.82, 2.24) is 20.1 Å². The molecule has 2 aromatic rings. The Morgan fingerprint density at radius 2 is 2.06 bits per heavy atom. The molecule has 0 fully saturated rings. The van der Waals surface area contributed by atoms with Crippen LogP contribution < -0.4 is 5.32 Å². The van der Waals surface area contributed by atoms with Gasteiger partial charge in [-0.2, -0.15) is 5.10 Å². The molecule has 0 aliphatic carbocycles. The Hall–Kier alpha value is -1.68. The first kappa shape index (κ1) is 10.8. The minimum absolute atomic E-state index is 0.290. The first-order chi connectivity index (χ1) is 7.79. The van der Waals surface area contributed by atoms with Gasteiger partial charge >= 0.3 is 0 Å². The second-order valence-corrected chi connectivity index (χ2v) is 3.81. The Balaban J connectivity index is 2.12. The van der Waals surface area contributed by atoms with E-state index in [0.29, 0.717) is 0 Å². The van der Waals surface area contributed by atoms with Crippen LogP contribution in [0.2, 0.25) is 0 Å². The summed E-state index contributed by atoms with van der Waals surface area (Å²) in [5.41, 5.74) is 2.34. The zero-order valence-corrected chi connectivity index (χ0v) is 9.59. The number of hydrogen-bond acceptors (Lipinski definition) is 3. The molecule has 1 N–H and O–H groups in total. The molecule has 4 nitrogen and oxygen atoms in total. The number of likely N-dealkylation sites (N-methyl/N-ethyl adjacent to an activating group) is 1. The van der Waals surface area contributed by atoms with Crippen LogP contribution in [0.5, 0.6) is 0 Å². The fraction of sp³-hybridized carbons (Fsp3) is 0.333. The van der Waals surface area contributed by atoms with Gasteiger partial charge in [-0.05, 0) is 30.8 Å². The molecular formula is C12H16N4. The van der Waals surface area contributed by atoms with Crippen molar-refractivity contribution in [2.45, 2.75) is 12.5 Å². The van der Waals surface area contributed by atoms with Gasteiger partial charge in [0.1, 0.15) is 0 Å². The van der Waals surface area contributed by atoms with Crippen LogP contribution in [-0.2, 0) is 13.5 Å². The average Bonchev–Trinajstić information content (AvgIpc) is 2.73. The van der Waals surface area contributed by atoms with Crippen molar-refractivity contribution < 1.29 is 0 Å². The van der Waals surface area contributed by atoms with Crippen LogP contribution in [-0.4, -0.2) is 21.8 Å². The Morgan fingerprint density at radius 1 is 1.31 bits per heavy atom. The molecule has 1 unspecified atom stereocenters. The van der Waals surface area contributed by atoms with Gasteiger partial charge < -0.3 is 5.32 Å². The molecule has 0 radical (unpaired) electrons. The van der Waals surface area contributed by atoms with Gasteiger partial charge in [0, 0.05) is 38.1 Å². The molecule has 0 saturated heterocycles. The van der Waals surface area contributed by atoms with E-state index in [1.807, 2.05) is 55.6 Å². The summed E-state index contributed by atoms with van der Waals surface area (Å²) < 4.78 is 1.83. The lowest BCUT2D eigenvalue weighted by Gasteiger charge is -2.14. The van der Waals surface area contributed by atoms with Gasteiger partial charge in [-0.1, -0.05) is 0 Å². The summed E-state index contributed by atoms with van der Waals surface area (Å²) in [4.78, 5) is 4.03. The van der Waals surface area contributed by atoms with E-state index in [1.165, 1.54) is 5.56 Å². The third kappa shape index (κ3) is 2.46. The molecule has 0 aromatic carbocycles. The summed E-state index contributed by atoms with van der Waals surface area (Å²) >= 11 is 0. The second-order valence-electron chi connectivity index (χ2n) is 3.81. The third-order valence-electron chi connectivity index (χ3n) is 2.64. The number of nitrogens with zero attached hydrogens (tertiary/aromatic N) is 3. The number of hydrogen-bond donors (Lipinski definition) is 1. The predicted molar refractivity (Wildman–Crippen MR) is 62.9 cm³/mol. The summed E-state index contributed by atoms with van der Waals surface area (Å²) in [5, 5.41) is 7.68. The minimum Gasteiger partial charge on any atom is -0.313 e. The van der Waals surface area contributed by atoms with Crippen LogP contribution in [0, 0.1) is 0 Å². The van der Waals surface area contributed by atoms with E-state index >= 15 is 0 Å². The van der Waals surface area contributed by atoms with Gasteiger partial charge in [-0.3, -0.25) is 9.67 Å². The molecule has 16 heavy (non-hydrogen) atoms. The first-order valence-corrected chi connectivity index (χ1v) is 5.35. The summed E-state index contributed by atoms with van der Waals surface area (Å²) in [6, 6.07) is 6.40. The Morgan fingerprint density at radius 3 is 2.62 bits per heavy atom.